The van der Waals surface area contributed by atoms with Crippen molar-refractivity contribution >= 4 is 22.8 Å². The second-order valence-corrected chi connectivity index (χ2v) is 4.65. The Hall–Kier alpha value is -1.94. The molecule has 2 heterocycles. The Morgan fingerprint density at radius 2 is 1.95 bits per heavy atom. The molecule has 5 heteroatoms. The molecule has 0 saturated heterocycles. The summed E-state index contributed by atoms with van der Waals surface area (Å²) in [6.45, 7) is 2.82. The summed E-state index contributed by atoms with van der Waals surface area (Å²) in [5, 5.41) is 0.409. The van der Waals surface area contributed by atoms with Gasteiger partial charge in [-0.2, -0.15) is 0 Å². The van der Waals surface area contributed by atoms with Crippen molar-refractivity contribution in [3.05, 3.63) is 53.2 Å². The molecule has 96 valence electrons. The minimum atomic E-state index is 0.409. The van der Waals surface area contributed by atoms with Crippen LogP contribution in [0.5, 0.6) is 0 Å². The van der Waals surface area contributed by atoms with Crippen molar-refractivity contribution in [3.8, 4) is 0 Å². The number of aromatic nitrogens is 4. The largest absolute Gasteiger partial charge is 0.308 e. The first-order valence-electron chi connectivity index (χ1n) is 6.19. The van der Waals surface area contributed by atoms with Gasteiger partial charge in [0.2, 0.25) is 0 Å². The summed E-state index contributed by atoms with van der Waals surface area (Å²) in [7, 11) is 0. The zero-order chi connectivity index (χ0) is 13.2. The second-order valence-electron chi connectivity index (χ2n) is 4.29. The molecular weight excluding hydrogens is 260 g/mol. The fourth-order valence-corrected chi connectivity index (χ4v) is 2.33. The van der Waals surface area contributed by atoms with Crippen LogP contribution in [0, 0.1) is 0 Å². The third-order valence-corrected chi connectivity index (χ3v) is 3.34. The Kier molecular flexibility index (Phi) is 3.17. The molecule has 0 saturated carbocycles. The van der Waals surface area contributed by atoms with E-state index in [9.17, 15) is 0 Å². The molecule has 0 fully saturated rings. The van der Waals surface area contributed by atoms with Crippen molar-refractivity contribution in [1.29, 1.82) is 0 Å². The minimum absolute atomic E-state index is 0.409. The van der Waals surface area contributed by atoms with Crippen molar-refractivity contribution in [2.45, 2.75) is 19.9 Å². The van der Waals surface area contributed by atoms with Crippen LogP contribution >= 0.6 is 11.6 Å². The first-order valence-corrected chi connectivity index (χ1v) is 6.57. The number of nitrogens with zero attached hydrogens (tertiary/aromatic N) is 4. The number of rotatable bonds is 3. The molecule has 0 spiro atoms. The number of imidazole rings is 1. The summed E-state index contributed by atoms with van der Waals surface area (Å²) in [6.07, 6.45) is 2.31. The highest BCUT2D eigenvalue weighted by Crippen LogP contribution is 2.21. The van der Waals surface area contributed by atoms with Gasteiger partial charge in [-0.15, -0.1) is 0 Å². The quantitative estimate of drug-likeness (QED) is 0.688. The molecule has 0 aliphatic rings. The van der Waals surface area contributed by atoms with Crippen LogP contribution in [0.1, 0.15) is 18.3 Å². The molecule has 4 nitrogen and oxygen atoms in total. The molecule has 0 amide bonds. The molecular formula is C14H13ClN4. The van der Waals surface area contributed by atoms with Gasteiger partial charge in [0.05, 0.1) is 6.54 Å². The van der Waals surface area contributed by atoms with Gasteiger partial charge in [-0.25, -0.2) is 15.0 Å². The van der Waals surface area contributed by atoms with Gasteiger partial charge in [0.25, 0.3) is 0 Å². The normalized spacial score (nSPS) is 11.1. The standard InChI is InChI=1S/C14H13ClN4/c1-2-11-18-12-13(15)16-9-17-14(12)19(11)8-10-6-4-3-5-7-10/h3-7,9H,2,8H2,1H3. The first kappa shape index (κ1) is 12.1. The van der Waals surface area contributed by atoms with E-state index in [1.165, 1.54) is 11.9 Å². The van der Waals surface area contributed by atoms with Crippen molar-refractivity contribution < 1.29 is 0 Å². The van der Waals surface area contributed by atoms with Crippen LogP contribution in [0.2, 0.25) is 5.15 Å². The van der Waals surface area contributed by atoms with E-state index in [-0.39, 0.29) is 0 Å². The summed E-state index contributed by atoms with van der Waals surface area (Å²) in [5.74, 6) is 0.973. The molecule has 19 heavy (non-hydrogen) atoms. The number of benzene rings is 1. The van der Waals surface area contributed by atoms with Crippen LogP contribution in [0.25, 0.3) is 11.2 Å². The summed E-state index contributed by atoms with van der Waals surface area (Å²) < 4.78 is 2.10. The molecule has 0 atom stereocenters. The van der Waals surface area contributed by atoms with Gasteiger partial charge in [0, 0.05) is 6.42 Å². The van der Waals surface area contributed by atoms with Gasteiger partial charge < -0.3 is 4.57 Å². The van der Waals surface area contributed by atoms with Crippen LogP contribution in [-0.4, -0.2) is 19.5 Å². The van der Waals surface area contributed by atoms with E-state index in [0.717, 1.165) is 24.4 Å². The molecule has 3 rings (SSSR count). The molecule has 0 radical (unpaired) electrons. The predicted octanol–water partition coefficient (Wildman–Crippen LogP) is 3.09. The van der Waals surface area contributed by atoms with Crippen LogP contribution < -0.4 is 0 Å². The summed E-state index contributed by atoms with van der Waals surface area (Å²) in [5.41, 5.74) is 2.68. The van der Waals surface area contributed by atoms with Gasteiger partial charge in [-0.1, -0.05) is 48.9 Å². The molecule has 0 bridgehead atoms. The fraction of sp³-hybridized carbons (Fsp3) is 0.214. The first-order chi connectivity index (χ1) is 9.29. The van der Waals surface area contributed by atoms with Gasteiger partial charge in [0.15, 0.2) is 10.8 Å². The Morgan fingerprint density at radius 1 is 1.16 bits per heavy atom. The molecule has 1 aromatic carbocycles. The van der Waals surface area contributed by atoms with Crippen LogP contribution in [0.3, 0.4) is 0 Å². The van der Waals surface area contributed by atoms with Crippen LogP contribution in [0.15, 0.2) is 36.7 Å². The Morgan fingerprint density at radius 3 is 2.68 bits per heavy atom. The summed E-state index contributed by atoms with van der Waals surface area (Å²) in [6, 6.07) is 10.3. The van der Waals surface area contributed by atoms with Gasteiger partial charge >= 0.3 is 0 Å². The number of hydrogen-bond acceptors (Lipinski definition) is 3. The fourth-order valence-electron chi connectivity index (χ4n) is 2.16. The third kappa shape index (κ3) is 2.19. The van der Waals surface area contributed by atoms with E-state index in [2.05, 4.69) is 38.6 Å². The number of hydrogen-bond donors (Lipinski definition) is 0. The van der Waals surface area contributed by atoms with Crippen LogP contribution in [-0.2, 0) is 13.0 Å². The third-order valence-electron chi connectivity index (χ3n) is 3.07. The lowest BCUT2D eigenvalue weighted by molar-refractivity contribution is 0.746. The van der Waals surface area contributed by atoms with Crippen molar-refractivity contribution in [2.24, 2.45) is 0 Å². The highest BCUT2D eigenvalue weighted by molar-refractivity contribution is 6.33. The average molecular weight is 273 g/mol. The lowest BCUT2D eigenvalue weighted by Crippen LogP contribution is -2.05. The summed E-state index contributed by atoms with van der Waals surface area (Å²) in [4.78, 5) is 12.8. The van der Waals surface area contributed by atoms with E-state index >= 15 is 0 Å². The average Bonchev–Trinajstić information content (AvgIpc) is 2.80. The van der Waals surface area contributed by atoms with E-state index in [1.807, 2.05) is 18.2 Å². The van der Waals surface area contributed by atoms with E-state index < -0.39 is 0 Å². The molecule has 0 unspecified atom stereocenters. The maximum Gasteiger partial charge on any atom is 0.165 e. The maximum absolute atomic E-state index is 6.08. The smallest absolute Gasteiger partial charge is 0.165 e. The molecule has 0 aliphatic heterocycles. The van der Waals surface area contributed by atoms with Gasteiger partial charge in [-0.05, 0) is 5.56 Å². The van der Waals surface area contributed by atoms with Crippen molar-refractivity contribution in [3.63, 3.8) is 0 Å². The van der Waals surface area contributed by atoms with Gasteiger partial charge in [0.1, 0.15) is 17.7 Å². The zero-order valence-electron chi connectivity index (χ0n) is 10.5. The number of fused-ring (bicyclic) bond motifs is 1. The number of aryl methyl sites for hydroxylation is 1. The molecule has 0 N–H and O–H groups in total. The Bertz CT molecular complexity index is 706. The second kappa shape index (κ2) is 4.97. The minimum Gasteiger partial charge on any atom is -0.308 e. The molecule has 0 aliphatic carbocycles. The van der Waals surface area contributed by atoms with E-state index in [0.29, 0.717) is 10.7 Å². The number of halogens is 1. The lowest BCUT2D eigenvalue weighted by atomic mass is 10.2. The molecule has 3 aromatic rings. The Labute approximate surface area is 116 Å². The van der Waals surface area contributed by atoms with Gasteiger partial charge in [-0.3, -0.25) is 0 Å². The topological polar surface area (TPSA) is 43.6 Å². The van der Waals surface area contributed by atoms with Crippen LogP contribution in [0.4, 0.5) is 0 Å². The van der Waals surface area contributed by atoms with Crippen molar-refractivity contribution in [2.75, 3.05) is 0 Å². The van der Waals surface area contributed by atoms with E-state index in [4.69, 9.17) is 11.6 Å². The predicted molar refractivity (Wildman–Crippen MR) is 75.3 cm³/mol. The van der Waals surface area contributed by atoms with E-state index in [1.54, 1.807) is 0 Å². The molecule has 2 aromatic heterocycles. The highest BCUT2D eigenvalue weighted by Gasteiger charge is 2.13. The SMILES string of the molecule is CCc1nc2c(Cl)ncnc2n1Cc1ccccc1. The van der Waals surface area contributed by atoms with Crippen molar-refractivity contribution in [1.82, 2.24) is 19.5 Å². The lowest BCUT2D eigenvalue weighted by Gasteiger charge is -2.07. The highest BCUT2D eigenvalue weighted by atomic mass is 35.5. The summed E-state index contributed by atoms with van der Waals surface area (Å²) >= 11 is 6.08. The zero-order valence-corrected chi connectivity index (χ0v) is 11.3. The monoisotopic (exact) mass is 272 g/mol. The Balaban J connectivity index is 2.14. The maximum atomic E-state index is 6.08.